The van der Waals surface area contributed by atoms with Crippen LogP contribution in [0, 0.1) is 6.92 Å². The maximum atomic E-state index is 11.0. The molecule has 1 amide bonds. The predicted molar refractivity (Wildman–Crippen MR) is 104 cm³/mol. The zero-order valence-corrected chi connectivity index (χ0v) is 15.7. The smallest absolute Gasteiger partial charge is 0.409 e. The third-order valence-electron chi connectivity index (χ3n) is 4.73. The lowest BCUT2D eigenvalue weighted by molar-refractivity contribution is 0.122. The Morgan fingerprint density at radius 1 is 1.32 bits per heavy atom. The minimum Gasteiger partial charge on any atom is -0.495 e. The van der Waals surface area contributed by atoms with E-state index in [1.165, 1.54) is 7.11 Å². The van der Waals surface area contributed by atoms with Crippen LogP contribution in [0.3, 0.4) is 0 Å². The van der Waals surface area contributed by atoms with Gasteiger partial charge in [-0.3, -0.25) is 14.7 Å². The number of morpholine rings is 1. The van der Waals surface area contributed by atoms with Crippen LogP contribution < -0.4 is 15.0 Å². The highest BCUT2D eigenvalue weighted by atomic mass is 16.5. The number of ether oxygens (including phenoxy) is 2. The monoisotopic (exact) mass is 383 g/mol. The Hall–Kier alpha value is -3.33. The van der Waals surface area contributed by atoms with E-state index in [1.807, 2.05) is 23.6 Å². The van der Waals surface area contributed by atoms with Crippen molar-refractivity contribution in [2.45, 2.75) is 6.92 Å². The van der Waals surface area contributed by atoms with Gasteiger partial charge in [0.15, 0.2) is 0 Å². The molecule has 4 rings (SSSR count). The van der Waals surface area contributed by atoms with Gasteiger partial charge in [-0.2, -0.15) is 0 Å². The van der Waals surface area contributed by atoms with Crippen molar-refractivity contribution in [2.75, 3.05) is 43.6 Å². The third kappa shape index (κ3) is 3.20. The molecule has 0 bridgehead atoms. The van der Waals surface area contributed by atoms with Gasteiger partial charge in [-0.25, -0.2) is 9.78 Å². The van der Waals surface area contributed by atoms with Crippen LogP contribution in [0.2, 0.25) is 0 Å². The Labute approximate surface area is 161 Å². The molecule has 0 aliphatic carbocycles. The number of hydrogen-bond acceptors (Lipinski definition) is 6. The van der Waals surface area contributed by atoms with Crippen LogP contribution in [-0.2, 0) is 4.74 Å². The van der Waals surface area contributed by atoms with Gasteiger partial charge in [-0.05, 0) is 19.1 Å². The lowest BCUT2D eigenvalue weighted by atomic mass is 10.1. The van der Waals surface area contributed by atoms with Crippen molar-refractivity contribution in [1.82, 2.24) is 14.4 Å². The summed E-state index contributed by atoms with van der Waals surface area (Å²) in [6.45, 7) is 4.81. The highest BCUT2D eigenvalue weighted by Gasteiger charge is 2.22. The number of aromatic nitrogens is 3. The number of amides is 1. The topological polar surface area (TPSA) is 101 Å². The summed E-state index contributed by atoms with van der Waals surface area (Å²) in [5.41, 5.74) is 3.74. The molecule has 1 saturated heterocycles. The van der Waals surface area contributed by atoms with E-state index in [2.05, 4.69) is 15.2 Å². The number of anilines is 2. The third-order valence-corrected chi connectivity index (χ3v) is 4.73. The molecule has 3 aromatic rings. The Bertz CT molecular complexity index is 1030. The van der Waals surface area contributed by atoms with Gasteiger partial charge in [-0.15, -0.1) is 0 Å². The van der Waals surface area contributed by atoms with Crippen LogP contribution >= 0.6 is 0 Å². The first-order chi connectivity index (χ1) is 13.6. The fraction of sp³-hybridized carbons (Fsp3) is 0.316. The molecule has 0 unspecified atom stereocenters. The molecule has 1 aromatic carbocycles. The van der Waals surface area contributed by atoms with Crippen LogP contribution in [0.1, 0.15) is 5.69 Å². The molecule has 0 radical (unpaired) electrons. The Kier molecular flexibility index (Phi) is 4.74. The van der Waals surface area contributed by atoms with Crippen molar-refractivity contribution < 1.29 is 19.4 Å². The Balaban J connectivity index is 1.85. The lowest BCUT2D eigenvalue weighted by Crippen LogP contribution is -2.37. The second-order valence-electron chi connectivity index (χ2n) is 6.44. The van der Waals surface area contributed by atoms with Gasteiger partial charge in [0.1, 0.15) is 11.4 Å². The van der Waals surface area contributed by atoms with E-state index >= 15 is 0 Å². The average Bonchev–Trinajstić information content (AvgIpc) is 3.09. The molecule has 2 N–H and O–H groups in total. The molecule has 0 saturated carbocycles. The normalized spacial score (nSPS) is 14.3. The van der Waals surface area contributed by atoms with Gasteiger partial charge < -0.3 is 19.5 Å². The molecule has 0 atom stereocenters. The molecule has 0 spiro atoms. The van der Waals surface area contributed by atoms with Gasteiger partial charge in [-0.1, -0.05) is 6.07 Å². The fourth-order valence-electron chi connectivity index (χ4n) is 3.43. The highest BCUT2D eigenvalue weighted by Crippen LogP contribution is 2.35. The molecule has 9 heteroatoms. The maximum Gasteiger partial charge on any atom is 0.409 e. The number of aryl methyl sites for hydroxylation is 1. The maximum absolute atomic E-state index is 11.0. The Morgan fingerprint density at radius 2 is 2.11 bits per heavy atom. The SMILES string of the molecule is COc1cc(-c2nc(N3CCOCC3)n3ccnc(C)c23)ccc1NC(=O)O. The molecular formula is C19H21N5O4. The summed E-state index contributed by atoms with van der Waals surface area (Å²) in [6.07, 6.45) is 2.52. The average molecular weight is 383 g/mol. The standard InChI is InChI=1S/C19H21N5O4/c1-12-17-16(13-3-4-14(21-19(25)26)15(11-13)27-2)22-18(24(17)6-5-20-12)23-7-9-28-10-8-23/h3-6,11,21H,7-10H2,1-2H3,(H,25,26). The van der Waals surface area contributed by atoms with E-state index in [-0.39, 0.29) is 0 Å². The second kappa shape index (κ2) is 7.35. The number of nitrogens with one attached hydrogen (secondary N) is 1. The highest BCUT2D eigenvalue weighted by molar-refractivity contribution is 5.88. The molecule has 146 valence electrons. The van der Waals surface area contributed by atoms with Gasteiger partial charge in [0.25, 0.3) is 0 Å². The van der Waals surface area contributed by atoms with Crippen molar-refractivity contribution in [3.05, 3.63) is 36.3 Å². The largest absolute Gasteiger partial charge is 0.495 e. The number of rotatable bonds is 4. The molecule has 1 fully saturated rings. The van der Waals surface area contributed by atoms with Crippen LogP contribution in [0.5, 0.6) is 5.75 Å². The van der Waals surface area contributed by atoms with E-state index < -0.39 is 6.09 Å². The van der Waals surface area contributed by atoms with Gasteiger partial charge in [0, 0.05) is 31.0 Å². The zero-order chi connectivity index (χ0) is 19.7. The van der Waals surface area contributed by atoms with Crippen molar-refractivity contribution in [3.63, 3.8) is 0 Å². The molecule has 3 heterocycles. The molecule has 9 nitrogen and oxygen atoms in total. The summed E-state index contributed by atoms with van der Waals surface area (Å²) >= 11 is 0. The molecular weight excluding hydrogens is 362 g/mol. The first-order valence-corrected chi connectivity index (χ1v) is 8.93. The van der Waals surface area contributed by atoms with E-state index in [9.17, 15) is 4.79 Å². The lowest BCUT2D eigenvalue weighted by Gasteiger charge is -2.27. The van der Waals surface area contributed by atoms with Crippen LogP contribution in [-0.4, -0.2) is 59.0 Å². The number of imidazole rings is 1. The minimum atomic E-state index is -1.15. The van der Waals surface area contributed by atoms with Crippen molar-refractivity contribution in [2.24, 2.45) is 0 Å². The number of methoxy groups -OCH3 is 1. The number of nitrogens with zero attached hydrogens (tertiary/aromatic N) is 4. The molecule has 1 aliphatic heterocycles. The Morgan fingerprint density at radius 3 is 2.82 bits per heavy atom. The minimum absolute atomic E-state index is 0.380. The van der Waals surface area contributed by atoms with E-state index in [1.54, 1.807) is 18.3 Å². The van der Waals surface area contributed by atoms with Crippen molar-refractivity contribution >= 4 is 23.2 Å². The summed E-state index contributed by atoms with van der Waals surface area (Å²) in [5, 5.41) is 11.3. The molecule has 28 heavy (non-hydrogen) atoms. The second-order valence-corrected chi connectivity index (χ2v) is 6.44. The van der Waals surface area contributed by atoms with E-state index in [0.717, 1.165) is 41.5 Å². The number of carboxylic acid groups (broad SMARTS) is 1. The summed E-state index contributed by atoms with van der Waals surface area (Å²) in [7, 11) is 1.50. The summed E-state index contributed by atoms with van der Waals surface area (Å²) < 4.78 is 12.9. The summed E-state index contributed by atoms with van der Waals surface area (Å²) in [4.78, 5) is 22.5. The van der Waals surface area contributed by atoms with E-state index in [0.29, 0.717) is 24.7 Å². The van der Waals surface area contributed by atoms with Crippen LogP contribution in [0.25, 0.3) is 16.8 Å². The first-order valence-electron chi connectivity index (χ1n) is 8.93. The van der Waals surface area contributed by atoms with Crippen LogP contribution in [0.15, 0.2) is 30.6 Å². The molecule has 2 aromatic heterocycles. The number of benzene rings is 1. The fourth-order valence-corrected chi connectivity index (χ4v) is 3.43. The van der Waals surface area contributed by atoms with Crippen molar-refractivity contribution in [3.8, 4) is 17.0 Å². The van der Waals surface area contributed by atoms with Gasteiger partial charge >= 0.3 is 6.09 Å². The first kappa shape index (κ1) is 18.1. The van der Waals surface area contributed by atoms with E-state index in [4.69, 9.17) is 19.6 Å². The molecule has 1 aliphatic rings. The van der Waals surface area contributed by atoms with Crippen LogP contribution in [0.4, 0.5) is 16.4 Å². The predicted octanol–water partition coefficient (Wildman–Crippen LogP) is 2.64. The zero-order valence-electron chi connectivity index (χ0n) is 15.7. The van der Waals surface area contributed by atoms with Gasteiger partial charge in [0.05, 0.1) is 37.2 Å². The summed E-state index contributed by atoms with van der Waals surface area (Å²) in [6, 6.07) is 5.28. The number of hydrogen-bond donors (Lipinski definition) is 2. The quantitative estimate of drug-likeness (QED) is 0.714. The number of carbonyl (C=O) groups is 1. The van der Waals surface area contributed by atoms with Crippen molar-refractivity contribution in [1.29, 1.82) is 0 Å². The summed E-state index contributed by atoms with van der Waals surface area (Å²) in [5.74, 6) is 1.26. The number of fused-ring (bicyclic) bond motifs is 1. The van der Waals surface area contributed by atoms with Gasteiger partial charge in [0.2, 0.25) is 5.95 Å².